The number of hydrogen-bond acceptors (Lipinski definition) is 6. The lowest BCUT2D eigenvalue weighted by Crippen LogP contribution is -2.32. The van der Waals surface area contributed by atoms with Crippen LogP contribution in [0.4, 0.5) is 10.8 Å². The molecule has 150 valence electrons. The summed E-state index contributed by atoms with van der Waals surface area (Å²) in [4.78, 5) is 34.4. The number of aromatic nitrogens is 2. The number of pyridine rings is 1. The molecule has 0 spiro atoms. The van der Waals surface area contributed by atoms with Crippen LogP contribution >= 0.6 is 11.3 Å². The van der Waals surface area contributed by atoms with Crippen molar-refractivity contribution < 1.29 is 9.72 Å². The summed E-state index contributed by atoms with van der Waals surface area (Å²) in [6.45, 7) is 2.26. The van der Waals surface area contributed by atoms with E-state index < -0.39 is 4.92 Å². The van der Waals surface area contributed by atoms with E-state index in [1.54, 1.807) is 17.2 Å². The average Bonchev–Trinajstić information content (AvgIpc) is 3.15. The highest BCUT2D eigenvalue weighted by molar-refractivity contribution is 7.22. The van der Waals surface area contributed by atoms with Gasteiger partial charge in [-0.15, -0.1) is 0 Å². The molecule has 0 bridgehead atoms. The number of thiazole rings is 1. The Kier molecular flexibility index (Phi) is 5.49. The first-order chi connectivity index (χ1) is 14.5. The second-order valence-electron chi connectivity index (χ2n) is 6.87. The van der Waals surface area contributed by atoms with E-state index in [-0.39, 0.29) is 24.6 Å². The first kappa shape index (κ1) is 19.7. The monoisotopic (exact) mass is 418 g/mol. The van der Waals surface area contributed by atoms with Crippen LogP contribution in [0.25, 0.3) is 10.2 Å². The van der Waals surface area contributed by atoms with Gasteiger partial charge in [-0.25, -0.2) is 4.98 Å². The number of nitro groups is 1. The van der Waals surface area contributed by atoms with Crippen LogP contribution in [-0.2, 0) is 17.8 Å². The molecule has 2 aromatic heterocycles. The minimum atomic E-state index is -0.437. The lowest BCUT2D eigenvalue weighted by molar-refractivity contribution is -0.384. The molecule has 0 unspecified atom stereocenters. The van der Waals surface area contributed by atoms with Crippen LogP contribution < -0.4 is 4.90 Å². The van der Waals surface area contributed by atoms with Crippen molar-refractivity contribution in [3.05, 3.63) is 93.8 Å². The fourth-order valence-electron chi connectivity index (χ4n) is 3.14. The Labute approximate surface area is 176 Å². The third-order valence-corrected chi connectivity index (χ3v) is 5.63. The van der Waals surface area contributed by atoms with Gasteiger partial charge in [0.25, 0.3) is 5.69 Å². The number of nitro benzene ring substituents is 1. The Morgan fingerprint density at radius 1 is 1.13 bits per heavy atom. The molecule has 0 saturated carbocycles. The molecule has 0 radical (unpaired) electrons. The highest BCUT2D eigenvalue weighted by Gasteiger charge is 2.22. The van der Waals surface area contributed by atoms with Gasteiger partial charge in [0.2, 0.25) is 5.91 Å². The van der Waals surface area contributed by atoms with Crippen LogP contribution in [0.2, 0.25) is 0 Å². The first-order valence-corrected chi connectivity index (χ1v) is 10.1. The van der Waals surface area contributed by atoms with E-state index in [1.807, 2.05) is 49.4 Å². The molecule has 30 heavy (non-hydrogen) atoms. The Hall–Kier alpha value is -3.65. The summed E-state index contributed by atoms with van der Waals surface area (Å²) < 4.78 is 0.661. The third kappa shape index (κ3) is 4.33. The summed E-state index contributed by atoms with van der Waals surface area (Å²) in [5.74, 6) is -0.111. The highest BCUT2D eigenvalue weighted by Crippen LogP contribution is 2.32. The van der Waals surface area contributed by atoms with Crippen molar-refractivity contribution >= 4 is 38.3 Å². The minimum Gasteiger partial charge on any atom is -0.282 e. The summed E-state index contributed by atoms with van der Waals surface area (Å²) in [5, 5.41) is 11.6. The van der Waals surface area contributed by atoms with Gasteiger partial charge in [-0.2, -0.15) is 0 Å². The molecule has 0 aliphatic carbocycles. The van der Waals surface area contributed by atoms with Crippen molar-refractivity contribution in [1.29, 1.82) is 0 Å². The van der Waals surface area contributed by atoms with Crippen molar-refractivity contribution in [3.8, 4) is 0 Å². The Morgan fingerprint density at radius 2 is 2.00 bits per heavy atom. The number of hydrogen-bond donors (Lipinski definition) is 0. The fourth-order valence-corrected chi connectivity index (χ4v) is 4.15. The number of nitrogens with zero attached hydrogens (tertiary/aromatic N) is 4. The molecule has 0 N–H and O–H groups in total. The first-order valence-electron chi connectivity index (χ1n) is 9.30. The third-order valence-electron chi connectivity index (χ3n) is 4.59. The zero-order valence-electron chi connectivity index (χ0n) is 16.2. The number of aryl methyl sites for hydroxylation is 1. The van der Waals surface area contributed by atoms with Crippen molar-refractivity contribution in [2.24, 2.45) is 0 Å². The quantitative estimate of drug-likeness (QED) is 0.335. The summed E-state index contributed by atoms with van der Waals surface area (Å²) >= 11 is 1.26. The number of benzene rings is 2. The van der Waals surface area contributed by atoms with Gasteiger partial charge in [-0.3, -0.25) is 24.8 Å². The molecule has 0 atom stereocenters. The molecule has 2 heterocycles. The molecule has 0 fully saturated rings. The Bertz CT molecular complexity index is 1220. The second kappa shape index (κ2) is 8.38. The van der Waals surface area contributed by atoms with Gasteiger partial charge < -0.3 is 0 Å². The molecular weight excluding hydrogens is 400 g/mol. The van der Waals surface area contributed by atoms with E-state index in [9.17, 15) is 14.9 Å². The molecule has 2 aromatic carbocycles. The van der Waals surface area contributed by atoms with Crippen molar-refractivity contribution in [1.82, 2.24) is 9.97 Å². The van der Waals surface area contributed by atoms with Crippen LogP contribution in [0, 0.1) is 17.0 Å². The van der Waals surface area contributed by atoms with Gasteiger partial charge in [0.1, 0.15) is 0 Å². The summed E-state index contributed by atoms with van der Waals surface area (Å²) in [5.41, 5.74) is 3.36. The SMILES string of the molecule is Cc1cccc(CC(=O)N(Cc2ccccn2)c2nc3ccc([N+](=O)[O-])cc3s2)c1. The molecule has 0 saturated heterocycles. The maximum atomic E-state index is 13.2. The van der Waals surface area contributed by atoms with Crippen molar-refractivity contribution in [2.75, 3.05) is 4.90 Å². The van der Waals surface area contributed by atoms with E-state index >= 15 is 0 Å². The minimum absolute atomic E-state index is 0.0000586. The second-order valence-corrected chi connectivity index (χ2v) is 7.88. The van der Waals surface area contributed by atoms with Gasteiger partial charge >= 0.3 is 0 Å². The molecule has 4 aromatic rings. The van der Waals surface area contributed by atoms with Crippen molar-refractivity contribution in [3.63, 3.8) is 0 Å². The highest BCUT2D eigenvalue weighted by atomic mass is 32.1. The molecule has 0 aliphatic heterocycles. The smallest absolute Gasteiger partial charge is 0.270 e. The number of rotatable bonds is 6. The Balaban J connectivity index is 1.70. The predicted molar refractivity (Wildman–Crippen MR) is 117 cm³/mol. The maximum Gasteiger partial charge on any atom is 0.270 e. The number of non-ortho nitro benzene ring substituents is 1. The number of amides is 1. The van der Waals surface area contributed by atoms with E-state index in [0.29, 0.717) is 15.3 Å². The zero-order valence-corrected chi connectivity index (χ0v) is 17.0. The largest absolute Gasteiger partial charge is 0.282 e. The predicted octanol–water partition coefficient (Wildman–Crippen LogP) is 4.68. The van der Waals surface area contributed by atoms with E-state index in [0.717, 1.165) is 16.8 Å². The standard InChI is InChI=1S/C22H18N4O3S/c1-15-5-4-6-16(11-15)12-21(27)25(14-17-7-2-3-10-23-17)22-24-19-9-8-18(26(28)29)13-20(19)30-22/h2-11,13H,12,14H2,1H3. The lowest BCUT2D eigenvalue weighted by Gasteiger charge is -2.19. The van der Waals surface area contributed by atoms with Gasteiger partial charge in [0, 0.05) is 18.3 Å². The molecule has 4 rings (SSSR count). The topological polar surface area (TPSA) is 89.2 Å². The molecule has 7 nitrogen and oxygen atoms in total. The maximum absolute atomic E-state index is 13.2. The van der Waals surface area contributed by atoms with E-state index in [4.69, 9.17) is 0 Å². The van der Waals surface area contributed by atoms with Crippen LogP contribution in [0.3, 0.4) is 0 Å². The lowest BCUT2D eigenvalue weighted by atomic mass is 10.1. The summed E-state index contributed by atoms with van der Waals surface area (Å²) in [6, 6.07) is 17.9. The van der Waals surface area contributed by atoms with Crippen LogP contribution in [0.5, 0.6) is 0 Å². The van der Waals surface area contributed by atoms with E-state index in [2.05, 4.69) is 9.97 Å². The number of fused-ring (bicyclic) bond motifs is 1. The van der Waals surface area contributed by atoms with Gasteiger partial charge in [-0.05, 0) is 30.7 Å². The zero-order chi connectivity index (χ0) is 21.1. The average molecular weight is 418 g/mol. The summed E-state index contributed by atoms with van der Waals surface area (Å²) in [6.07, 6.45) is 1.91. The molecule has 1 amide bonds. The van der Waals surface area contributed by atoms with Crippen LogP contribution in [0.1, 0.15) is 16.8 Å². The van der Waals surface area contributed by atoms with Crippen molar-refractivity contribution in [2.45, 2.75) is 19.9 Å². The molecule has 8 heteroatoms. The van der Waals surface area contributed by atoms with E-state index in [1.165, 1.54) is 23.5 Å². The van der Waals surface area contributed by atoms with Gasteiger partial charge in [-0.1, -0.05) is 47.2 Å². The van der Waals surface area contributed by atoms with Gasteiger partial charge in [0.05, 0.1) is 33.8 Å². The molecule has 0 aliphatic rings. The van der Waals surface area contributed by atoms with Crippen LogP contribution in [-0.4, -0.2) is 20.8 Å². The Morgan fingerprint density at radius 3 is 2.73 bits per heavy atom. The number of carbonyl (C=O) groups excluding carboxylic acids is 1. The molecular formula is C22H18N4O3S. The fraction of sp³-hybridized carbons (Fsp3) is 0.136. The number of carbonyl (C=O) groups is 1. The van der Waals surface area contributed by atoms with Gasteiger partial charge in [0.15, 0.2) is 5.13 Å². The van der Waals surface area contributed by atoms with Crippen LogP contribution in [0.15, 0.2) is 66.9 Å². The summed E-state index contributed by atoms with van der Waals surface area (Å²) in [7, 11) is 0. The number of anilines is 1. The normalized spacial score (nSPS) is 10.8.